The van der Waals surface area contributed by atoms with E-state index in [1.165, 1.54) is 4.80 Å². The molecule has 2 aromatic carbocycles. The van der Waals surface area contributed by atoms with Crippen LogP contribution in [0.25, 0.3) is 17.1 Å². The van der Waals surface area contributed by atoms with Crippen LogP contribution in [0.15, 0.2) is 65.4 Å². The van der Waals surface area contributed by atoms with Crippen LogP contribution in [0.5, 0.6) is 5.75 Å². The number of ether oxygens (including phenoxy) is 1. The molecule has 1 aliphatic rings. The van der Waals surface area contributed by atoms with Crippen molar-refractivity contribution in [1.82, 2.24) is 30.0 Å². The summed E-state index contributed by atoms with van der Waals surface area (Å²) < 4.78 is 11.0. The number of methoxy groups -OCH3 is 1. The van der Waals surface area contributed by atoms with Gasteiger partial charge in [-0.2, -0.15) is 20.0 Å². The fraction of sp³-hybridized carbons (Fsp3) is 0.227. The number of carbonyl (C=O) groups excluding carboxylic acids is 1. The molecule has 1 aliphatic heterocycles. The molecule has 0 saturated carbocycles. The molecule has 9 heteroatoms. The third kappa shape index (κ3) is 3.43. The summed E-state index contributed by atoms with van der Waals surface area (Å²) >= 11 is 0. The number of aromatic nitrogens is 5. The minimum Gasteiger partial charge on any atom is -0.496 e. The third-order valence-electron chi connectivity index (χ3n) is 5.36. The summed E-state index contributed by atoms with van der Waals surface area (Å²) in [6.45, 7) is 0.608. The van der Waals surface area contributed by atoms with E-state index in [2.05, 4.69) is 20.3 Å². The van der Waals surface area contributed by atoms with Crippen LogP contribution in [0.2, 0.25) is 0 Å². The van der Waals surface area contributed by atoms with Crippen LogP contribution in [0.4, 0.5) is 0 Å². The summed E-state index contributed by atoms with van der Waals surface area (Å²) in [6, 6.07) is 14.5. The first-order chi connectivity index (χ1) is 15.3. The van der Waals surface area contributed by atoms with E-state index in [9.17, 15) is 4.79 Å². The summed E-state index contributed by atoms with van der Waals surface area (Å²) in [4.78, 5) is 21.3. The van der Waals surface area contributed by atoms with E-state index in [0.717, 1.165) is 18.4 Å². The third-order valence-corrected chi connectivity index (χ3v) is 5.36. The summed E-state index contributed by atoms with van der Waals surface area (Å²) in [6.07, 6.45) is 4.77. The zero-order valence-electron chi connectivity index (χ0n) is 16.9. The maximum Gasteiger partial charge on any atom is 0.256 e. The lowest BCUT2D eigenvalue weighted by atomic mass is 10.1. The Balaban J connectivity index is 1.45. The molecule has 0 N–H and O–H groups in total. The number of amides is 1. The molecule has 1 saturated heterocycles. The second-order valence-electron chi connectivity index (χ2n) is 7.15. The largest absolute Gasteiger partial charge is 0.496 e. The summed E-state index contributed by atoms with van der Waals surface area (Å²) in [7, 11) is 1.60. The van der Waals surface area contributed by atoms with Crippen molar-refractivity contribution >= 4 is 5.91 Å². The van der Waals surface area contributed by atoms with Gasteiger partial charge in [0.15, 0.2) is 0 Å². The Morgan fingerprint density at radius 3 is 2.71 bits per heavy atom. The minimum atomic E-state index is -0.290. The summed E-state index contributed by atoms with van der Waals surface area (Å²) in [5, 5.41) is 12.5. The molecule has 156 valence electrons. The van der Waals surface area contributed by atoms with Crippen LogP contribution in [0.1, 0.15) is 35.1 Å². The number of carbonyl (C=O) groups is 1. The van der Waals surface area contributed by atoms with E-state index >= 15 is 0 Å². The first kappa shape index (κ1) is 19.0. The van der Waals surface area contributed by atoms with Crippen molar-refractivity contribution < 1.29 is 14.1 Å². The van der Waals surface area contributed by atoms with Crippen LogP contribution in [0.3, 0.4) is 0 Å². The van der Waals surface area contributed by atoms with Crippen LogP contribution in [-0.4, -0.2) is 49.6 Å². The van der Waals surface area contributed by atoms with Crippen molar-refractivity contribution in [2.75, 3.05) is 13.7 Å². The van der Waals surface area contributed by atoms with Crippen molar-refractivity contribution in [2.24, 2.45) is 0 Å². The van der Waals surface area contributed by atoms with Crippen LogP contribution in [-0.2, 0) is 0 Å². The summed E-state index contributed by atoms with van der Waals surface area (Å²) in [5.74, 6) is 1.40. The first-order valence-electron chi connectivity index (χ1n) is 10.00. The van der Waals surface area contributed by atoms with E-state index in [-0.39, 0.29) is 11.9 Å². The van der Waals surface area contributed by atoms with Gasteiger partial charge in [0.25, 0.3) is 5.91 Å². The molecule has 1 amide bonds. The van der Waals surface area contributed by atoms with Crippen molar-refractivity contribution in [3.63, 3.8) is 0 Å². The van der Waals surface area contributed by atoms with Crippen molar-refractivity contribution in [3.05, 3.63) is 72.4 Å². The second-order valence-corrected chi connectivity index (χ2v) is 7.15. The quantitative estimate of drug-likeness (QED) is 0.492. The van der Waals surface area contributed by atoms with Gasteiger partial charge < -0.3 is 14.2 Å². The fourth-order valence-corrected chi connectivity index (χ4v) is 3.90. The van der Waals surface area contributed by atoms with Crippen molar-refractivity contribution in [1.29, 1.82) is 0 Å². The number of nitrogens with zero attached hydrogens (tertiary/aromatic N) is 6. The van der Waals surface area contributed by atoms with E-state index in [0.29, 0.717) is 35.3 Å². The molecule has 2 aromatic heterocycles. The molecule has 9 nitrogen and oxygen atoms in total. The zero-order chi connectivity index (χ0) is 21.2. The Hall–Kier alpha value is -4.01. The fourth-order valence-electron chi connectivity index (χ4n) is 3.90. The highest BCUT2D eigenvalue weighted by Gasteiger charge is 2.35. The van der Waals surface area contributed by atoms with Gasteiger partial charge in [0, 0.05) is 6.54 Å². The van der Waals surface area contributed by atoms with Gasteiger partial charge in [-0.3, -0.25) is 4.79 Å². The van der Waals surface area contributed by atoms with Gasteiger partial charge in [0.05, 0.1) is 36.3 Å². The molecule has 1 atom stereocenters. The maximum absolute atomic E-state index is 13.5. The van der Waals surface area contributed by atoms with Gasteiger partial charge in [-0.15, -0.1) is 0 Å². The molecule has 0 unspecified atom stereocenters. The predicted molar refractivity (Wildman–Crippen MR) is 111 cm³/mol. The predicted octanol–water partition coefficient (Wildman–Crippen LogP) is 3.30. The van der Waals surface area contributed by atoms with Gasteiger partial charge in [0.1, 0.15) is 11.8 Å². The Kier molecular flexibility index (Phi) is 4.91. The van der Waals surface area contributed by atoms with Crippen LogP contribution < -0.4 is 4.74 Å². The second kappa shape index (κ2) is 8.02. The van der Waals surface area contributed by atoms with E-state index in [4.69, 9.17) is 9.26 Å². The van der Waals surface area contributed by atoms with Crippen LogP contribution in [0, 0.1) is 0 Å². The highest BCUT2D eigenvalue weighted by atomic mass is 16.5. The first-order valence-corrected chi connectivity index (χ1v) is 10.00. The number of likely N-dealkylation sites (tertiary alicyclic amines) is 1. The molecule has 1 fully saturated rings. The van der Waals surface area contributed by atoms with Gasteiger partial charge in [-0.1, -0.05) is 29.4 Å². The monoisotopic (exact) mass is 416 g/mol. The number of hydrogen-bond acceptors (Lipinski definition) is 7. The van der Waals surface area contributed by atoms with E-state index < -0.39 is 0 Å². The number of para-hydroxylation sites is 2. The van der Waals surface area contributed by atoms with E-state index in [1.54, 1.807) is 30.5 Å². The average molecular weight is 416 g/mol. The molecule has 0 spiro atoms. The normalized spacial score (nSPS) is 15.9. The molecule has 31 heavy (non-hydrogen) atoms. The number of hydrogen-bond donors (Lipinski definition) is 0. The molecular weight excluding hydrogens is 396 g/mol. The topological polar surface area (TPSA) is 99.2 Å². The highest BCUT2D eigenvalue weighted by molar-refractivity contribution is 5.98. The smallest absolute Gasteiger partial charge is 0.256 e. The van der Waals surface area contributed by atoms with Crippen molar-refractivity contribution in [3.8, 4) is 22.8 Å². The molecule has 0 aliphatic carbocycles. The van der Waals surface area contributed by atoms with E-state index in [1.807, 2.05) is 42.5 Å². The molecule has 0 radical (unpaired) electrons. The van der Waals surface area contributed by atoms with Crippen molar-refractivity contribution in [2.45, 2.75) is 18.9 Å². The summed E-state index contributed by atoms with van der Waals surface area (Å²) in [5.41, 5.74) is 1.89. The average Bonchev–Trinajstić information content (AvgIpc) is 3.59. The Morgan fingerprint density at radius 2 is 1.87 bits per heavy atom. The lowest BCUT2D eigenvalue weighted by molar-refractivity contribution is 0.0709. The SMILES string of the molecule is COc1ccccc1-c1noc([C@@H]2CCCN2C(=O)c2ccccc2-n2nccn2)n1. The lowest BCUT2D eigenvalue weighted by Crippen LogP contribution is -2.31. The van der Waals surface area contributed by atoms with Gasteiger partial charge in [-0.25, -0.2) is 0 Å². The Bertz CT molecular complexity index is 1200. The maximum atomic E-state index is 13.5. The minimum absolute atomic E-state index is 0.118. The van der Waals surface area contributed by atoms with Gasteiger partial charge >= 0.3 is 0 Å². The molecular formula is C22H20N6O3. The highest BCUT2D eigenvalue weighted by Crippen LogP contribution is 2.35. The number of rotatable bonds is 5. The molecule has 3 heterocycles. The lowest BCUT2D eigenvalue weighted by Gasteiger charge is -2.22. The molecule has 0 bridgehead atoms. The number of benzene rings is 2. The molecule has 5 rings (SSSR count). The Morgan fingerprint density at radius 1 is 1.10 bits per heavy atom. The molecule has 4 aromatic rings. The van der Waals surface area contributed by atoms with Crippen LogP contribution >= 0.6 is 0 Å². The van der Waals surface area contributed by atoms with Gasteiger partial charge in [0.2, 0.25) is 11.7 Å². The zero-order valence-corrected chi connectivity index (χ0v) is 16.9. The Labute approximate surface area is 178 Å². The van der Waals surface area contributed by atoms with Gasteiger partial charge in [-0.05, 0) is 37.1 Å². The standard InChI is InChI=1S/C22H20N6O3/c1-30-19-11-5-3-8-16(19)20-25-21(31-26-20)18-10-6-14-27(18)22(29)15-7-2-4-9-17(15)28-23-12-13-24-28/h2-5,7-9,11-13,18H,6,10,14H2,1H3/t18-/m0/s1.